The number of hydrogen-bond donors (Lipinski definition) is 1. The Morgan fingerprint density at radius 3 is 2.26 bits per heavy atom. The zero-order valence-electron chi connectivity index (χ0n) is 12.8. The summed E-state index contributed by atoms with van der Waals surface area (Å²) in [6.07, 6.45) is 6.49. The number of rotatable bonds is 10. The summed E-state index contributed by atoms with van der Waals surface area (Å²) in [4.78, 5) is 0. The molecule has 1 aromatic carbocycles. The van der Waals surface area contributed by atoms with E-state index < -0.39 is 0 Å². The average molecular weight is 263 g/mol. The predicted octanol–water partition coefficient (Wildman–Crippen LogP) is 3.56. The molecule has 2 N–H and O–H groups in total. The third kappa shape index (κ3) is 6.74. The van der Waals surface area contributed by atoms with Gasteiger partial charge in [-0.15, -0.1) is 0 Å². The van der Waals surface area contributed by atoms with Crippen LogP contribution in [0.1, 0.15) is 44.6 Å². The van der Waals surface area contributed by atoms with Crippen LogP contribution in [-0.4, -0.2) is 31.2 Å². The van der Waals surface area contributed by atoms with Gasteiger partial charge in [-0.2, -0.15) is 0 Å². The fourth-order valence-electron chi connectivity index (χ4n) is 2.69. The topological polar surface area (TPSA) is 26.0 Å². The second-order valence-electron chi connectivity index (χ2n) is 5.91. The van der Waals surface area contributed by atoms with Gasteiger partial charge in [-0.1, -0.05) is 50.1 Å². The second kappa shape index (κ2) is 9.11. The maximum Gasteiger partial charge on any atom is 0.104 e. The minimum absolute atomic E-state index is 0.803. The van der Waals surface area contributed by atoms with Crippen LogP contribution in [0.15, 0.2) is 30.3 Å². The van der Waals surface area contributed by atoms with Crippen molar-refractivity contribution in [1.29, 1.82) is 0 Å². The smallest absolute Gasteiger partial charge is 0.104 e. The summed E-state index contributed by atoms with van der Waals surface area (Å²) in [6.45, 7) is 6.67. The van der Waals surface area contributed by atoms with Gasteiger partial charge >= 0.3 is 0 Å². The molecule has 0 aliphatic carbocycles. The van der Waals surface area contributed by atoms with Crippen molar-refractivity contribution < 1.29 is 4.48 Å². The van der Waals surface area contributed by atoms with Crippen molar-refractivity contribution in [3.8, 4) is 0 Å². The SMILES string of the molecule is CCCCCC[N+](C)(CCCN)Cc1ccccc1. The third-order valence-corrected chi connectivity index (χ3v) is 3.86. The van der Waals surface area contributed by atoms with E-state index in [4.69, 9.17) is 5.73 Å². The van der Waals surface area contributed by atoms with Gasteiger partial charge in [0, 0.05) is 12.0 Å². The van der Waals surface area contributed by atoms with Gasteiger partial charge < -0.3 is 10.2 Å². The molecule has 0 spiro atoms. The molecule has 0 saturated heterocycles. The molecule has 0 aliphatic heterocycles. The van der Waals surface area contributed by atoms with E-state index in [0.717, 1.165) is 24.0 Å². The molecule has 1 rings (SSSR count). The van der Waals surface area contributed by atoms with Gasteiger partial charge in [0.05, 0.1) is 20.1 Å². The minimum atomic E-state index is 0.803. The Kier molecular flexibility index (Phi) is 7.76. The number of nitrogens with zero attached hydrogens (tertiary/aromatic N) is 1. The Balaban J connectivity index is 2.53. The molecule has 2 nitrogen and oxygen atoms in total. The second-order valence-corrected chi connectivity index (χ2v) is 5.91. The molecule has 0 heterocycles. The largest absolute Gasteiger partial charge is 0.330 e. The highest BCUT2D eigenvalue weighted by molar-refractivity contribution is 5.13. The summed E-state index contributed by atoms with van der Waals surface area (Å²) < 4.78 is 1.13. The van der Waals surface area contributed by atoms with Gasteiger partial charge in [-0.05, 0) is 19.4 Å². The van der Waals surface area contributed by atoms with E-state index in [0.29, 0.717) is 0 Å². The van der Waals surface area contributed by atoms with Crippen LogP contribution in [0.2, 0.25) is 0 Å². The summed E-state index contributed by atoms with van der Waals surface area (Å²) in [5.74, 6) is 0. The van der Waals surface area contributed by atoms with Crippen LogP contribution in [0, 0.1) is 0 Å². The first-order chi connectivity index (χ1) is 9.20. The molecule has 0 amide bonds. The van der Waals surface area contributed by atoms with Crippen molar-refractivity contribution in [2.45, 2.75) is 45.6 Å². The van der Waals surface area contributed by atoms with E-state index in [-0.39, 0.29) is 0 Å². The molecule has 1 atom stereocenters. The van der Waals surface area contributed by atoms with Crippen molar-refractivity contribution in [3.05, 3.63) is 35.9 Å². The standard InChI is InChI=1S/C17H31N2/c1-3-4-5-9-14-19(2,15-10-13-18)16-17-11-7-6-8-12-17/h6-8,11-12H,3-5,9-10,13-16,18H2,1-2H3/q+1. The molecular weight excluding hydrogens is 232 g/mol. The Morgan fingerprint density at radius 1 is 0.947 bits per heavy atom. The van der Waals surface area contributed by atoms with E-state index in [1.54, 1.807) is 0 Å². The molecule has 0 bridgehead atoms. The minimum Gasteiger partial charge on any atom is -0.330 e. The first-order valence-electron chi connectivity index (χ1n) is 7.78. The molecule has 0 saturated carbocycles. The summed E-state index contributed by atoms with van der Waals surface area (Å²) in [5, 5.41) is 0. The van der Waals surface area contributed by atoms with Gasteiger partial charge in [-0.3, -0.25) is 0 Å². The molecule has 0 aromatic heterocycles. The first-order valence-corrected chi connectivity index (χ1v) is 7.78. The monoisotopic (exact) mass is 263 g/mol. The highest BCUT2D eigenvalue weighted by Crippen LogP contribution is 2.15. The molecule has 0 fully saturated rings. The number of quaternary nitrogens is 1. The van der Waals surface area contributed by atoms with Crippen molar-refractivity contribution in [2.75, 3.05) is 26.7 Å². The summed E-state index contributed by atoms with van der Waals surface area (Å²) in [5.41, 5.74) is 7.14. The molecule has 0 aliphatic rings. The summed E-state index contributed by atoms with van der Waals surface area (Å²) in [6, 6.07) is 10.9. The lowest BCUT2D eigenvalue weighted by molar-refractivity contribution is -0.922. The average Bonchev–Trinajstić information content (AvgIpc) is 2.43. The lowest BCUT2D eigenvalue weighted by Crippen LogP contribution is -2.45. The van der Waals surface area contributed by atoms with Crippen LogP contribution >= 0.6 is 0 Å². The summed E-state index contributed by atoms with van der Waals surface area (Å²) in [7, 11) is 2.38. The van der Waals surface area contributed by atoms with E-state index in [1.165, 1.54) is 44.3 Å². The fourth-order valence-corrected chi connectivity index (χ4v) is 2.69. The predicted molar refractivity (Wildman–Crippen MR) is 83.9 cm³/mol. The first kappa shape index (κ1) is 16.2. The Labute approximate surface area is 119 Å². The maximum absolute atomic E-state index is 5.70. The van der Waals surface area contributed by atoms with Gasteiger partial charge in [0.2, 0.25) is 0 Å². The Morgan fingerprint density at radius 2 is 1.63 bits per heavy atom. The number of benzene rings is 1. The highest BCUT2D eigenvalue weighted by Gasteiger charge is 2.20. The molecular formula is C17H31N2+. The van der Waals surface area contributed by atoms with Crippen LogP contribution in [0.5, 0.6) is 0 Å². The molecule has 108 valence electrons. The van der Waals surface area contributed by atoms with E-state index in [2.05, 4.69) is 44.3 Å². The molecule has 0 radical (unpaired) electrons. The van der Waals surface area contributed by atoms with Crippen molar-refractivity contribution in [3.63, 3.8) is 0 Å². The van der Waals surface area contributed by atoms with E-state index >= 15 is 0 Å². The Hall–Kier alpha value is -0.860. The highest BCUT2D eigenvalue weighted by atomic mass is 15.3. The molecule has 2 heteroatoms. The van der Waals surface area contributed by atoms with Crippen molar-refractivity contribution in [2.24, 2.45) is 5.73 Å². The lowest BCUT2D eigenvalue weighted by Gasteiger charge is -2.35. The number of unbranched alkanes of at least 4 members (excludes halogenated alkanes) is 3. The van der Waals surface area contributed by atoms with Crippen LogP contribution in [-0.2, 0) is 6.54 Å². The van der Waals surface area contributed by atoms with Crippen LogP contribution in [0.25, 0.3) is 0 Å². The van der Waals surface area contributed by atoms with Gasteiger partial charge in [-0.25, -0.2) is 0 Å². The zero-order chi connectivity index (χ0) is 14.0. The third-order valence-electron chi connectivity index (χ3n) is 3.86. The quantitative estimate of drug-likeness (QED) is 0.507. The summed E-state index contributed by atoms with van der Waals surface area (Å²) >= 11 is 0. The van der Waals surface area contributed by atoms with Gasteiger partial charge in [0.1, 0.15) is 6.54 Å². The van der Waals surface area contributed by atoms with Gasteiger partial charge in [0.15, 0.2) is 0 Å². The van der Waals surface area contributed by atoms with Crippen LogP contribution in [0.3, 0.4) is 0 Å². The molecule has 1 unspecified atom stereocenters. The van der Waals surface area contributed by atoms with E-state index in [1.807, 2.05) is 0 Å². The molecule has 19 heavy (non-hydrogen) atoms. The molecule has 1 aromatic rings. The number of nitrogens with two attached hydrogens (primary N) is 1. The zero-order valence-corrected chi connectivity index (χ0v) is 12.8. The van der Waals surface area contributed by atoms with Crippen molar-refractivity contribution in [1.82, 2.24) is 0 Å². The van der Waals surface area contributed by atoms with Crippen LogP contribution in [0.4, 0.5) is 0 Å². The van der Waals surface area contributed by atoms with E-state index in [9.17, 15) is 0 Å². The van der Waals surface area contributed by atoms with Gasteiger partial charge in [0.25, 0.3) is 0 Å². The lowest BCUT2D eigenvalue weighted by atomic mass is 10.1. The maximum atomic E-state index is 5.70. The van der Waals surface area contributed by atoms with Crippen molar-refractivity contribution >= 4 is 0 Å². The Bertz CT molecular complexity index is 323. The van der Waals surface area contributed by atoms with Crippen LogP contribution < -0.4 is 5.73 Å². The number of hydrogen-bond acceptors (Lipinski definition) is 1. The fraction of sp³-hybridized carbons (Fsp3) is 0.647. The normalized spacial score (nSPS) is 14.3.